The molecule has 0 saturated carbocycles. The average molecular weight is 425 g/mol. The zero-order valence-corrected chi connectivity index (χ0v) is 20.3. The molecule has 7 nitrogen and oxygen atoms in total. The van der Waals surface area contributed by atoms with Crippen LogP contribution in [-0.4, -0.2) is 54.2 Å². The number of carbonyl (C=O) groups is 3. The van der Waals surface area contributed by atoms with Gasteiger partial charge in [0, 0.05) is 18.0 Å². The van der Waals surface area contributed by atoms with E-state index in [4.69, 9.17) is 9.47 Å². The van der Waals surface area contributed by atoms with E-state index < -0.39 is 29.1 Å². The second-order valence-corrected chi connectivity index (χ2v) is 9.36. The van der Waals surface area contributed by atoms with E-state index in [1.165, 1.54) is 0 Å². The Bertz CT molecular complexity index is 659. The summed E-state index contributed by atoms with van der Waals surface area (Å²) in [6.45, 7) is 20.3. The Labute approximate surface area is 181 Å². The van der Waals surface area contributed by atoms with E-state index in [1.54, 1.807) is 58.7 Å². The maximum absolute atomic E-state index is 13.4. The number of nitrogens with zero attached hydrogens (tertiary/aromatic N) is 1. The maximum atomic E-state index is 13.4. The molecular weight excluding hydrogens is 384 g/mol. The van der Waals surface area contributed by atoms with Gasteiger partial charge in [0.25, 0.3) is 0 Å². The van der Waals surface area contributed by atoms with Gasteiger partial charge < -0.3 is 19.7 Å². The first-order valence-electron chi connectivity index (χ1n) is 10.3. The quantitative estimate of drug-likeness (QED) is 0.342. The summed E-state index contributed by atoms with van der Waals surface area (Å²) >= 11 is 0. The van der Waals surface area contributed by atoms with Crippen molar-refractivity contribution in [2.45, 2.75) is 80.0 Å². The third-order valence-electron chi connectivity index (χ3n) is 4.67. The highest BCUT2D eigenvalue weighted by Crippen LogP contribution is 2.26. The molecule has 0 aliphatic carbocycles. The lowest BCUT2D eigenvalue weighted by atomic mass is 9.83. The lowest BCUT2D eigenvalue weighted by molar-refractivity contribution is -0.139. The molecule has 0 aromatic rings. The molecule has 0 aromatic heterocycles. The molecule has 30 heavy (non-hydrogen) atoms. The largest absolute Gasteiger partial charge is 0.463 e. The summed E-state index contributed by atoms with van der Waals surface area (Å²) in [5.41, 5.74) is -0.999. The van der Waals surface area contributed by atoms with E-state index in [0.717, 1.165) is 0 Å². The number of alkyl carbamates (subject to hydrolysis) is 1. The molecule has 0 rings (SSSR count). The van der Waals surface area contributed by atoms with Crippen LogP contribution in [-0.2, 0) is 19.1 Å². The molecule has 0 unspecified atom stereocenters. The molecule has 2 atom stereocenters. The van der Waals surface area contributed by atoms with E-state index in [9.17, 15) is 14.4 Å². The van der Waals surface area contributed by atoms with Crippen molar-refractivity contribution < 1.29 is 23.9 Å². The summed E-state index contributed by atoms with van der Waals surface area (Å²) in [6.07, 6.45) is 2.68. The summed E-state index contributed by atoms with van der Waals surface area (Å²) in [5, 5.41) is 2.70. The van der Waals surface area contributed by atoms with Gasteiger partial charge >= 0.3 is 12.1 Å². The average Bonchev–Trinajstić information content (AvgIpc) is 2.61. The first-order valence-corrected chi connectivity index (χ1v) is 10.3. The van der Waals surface area contributed by atoms with Gasteiger partial charge in [-0.05, 0) is 40.5 Å². The SMILES string of the molecule is C=CC(C)(C)[C@H](NC(=O)OC(C)(C)C)C(=O)N(C)[C@H](/C=C(\C)C(=O)OCC)C(C)C. The molecule has 0 bridgehead atoms. The topological polar surface area (TPSA) is 84.9 Å². The third-order valence-corrected chi connectivity index (χ3v) is 4.67. The predicted molar refractivity (Wildman–Crippen MR) is 119 cm³/mol. The summed E-state index contributed by atoms with van der Waals surface area (Å²) < 4.78 is 10.4. The van der Waals surface area contributed by atoms with E-state index in [-0.39, 0.29) is 24.5 Å². The Morgan fingerprint density at radius 1 is 1.13 bits per heavy atom. The molecule has 0 radical (unpaired) electrons. The number of amides is 2. The van der Waals surface area contributed by atoms with Crippen LogP contribution in [0.2, 0.25) is 0 Å². The molecule has 2 amide bonds. The van der Waals surface area contributed by atoms with Crippen LogP contribution in [0.1, 0.15) is 62.3 Å². The van der Waals surface area contributed by atoms with Crippen LogP contribution < -0.4 is 5.32 Å². The molecule has 7 heteroatoms. The number of hydrogen-bond acceptors (Lipinski definition) is 5. The van der Waals surface area contributed by atoms with E-state index in [2.05, 4.69) is 11.9 Å². The number of likely N-dealkylation sites (N-methyl/N-ethyl adjacent to an activating group) is 1. The standard InChI is InChI=1S/C23H40N2O5/c1-12-23(9,10)18(24-21(28)30-22(6,7)8)19(26)25(11)17(15(3)4)14-16(5)20(27)29-13-2/h12,14-15,17-18H,1,13H2,2-11H3,(H,24,28)/b16-14+/t17-,18-/m1/s1. The van der Waals surface area contributed by atoms with Crippen LogP contribution in [0.25, 0.3) is 0 Å². The van der Waals surface area contributed by atoms with Crippen molar-refractivity contribution in [1.29, 1.82) is 0 Å². The molecule has 0 aliphatic heterocycles. The fraction of sp³-hybridized carbons (Fsp3) is 0.696. The van der Waals surface area contributed by atoms with Gasteiger partial charge in [0.2, 0.25) is 5.91 Å². The maximum Gasteiger partial charge on any atom is 0.408 e. The van der Waals surface area contributed by atoms with Gasteiger partial charge in [-0.25, -0.2) is 9.59 Å². The first-order chi connectivity index (χ1) is 13.6. The highest BCUT2D eigenvalue weighted by Gasteiger charge is 2.39. The first kappa shape index (κ1) is 27.7. The molecule has 0 aliphatic rings. The third kappa shape index (κ3) is 8.59. The molecule has 172 valence electrons. The Morgan fingerprint density at radius 2 is 1.67 bits per heavy atom. The Kier molecular flexibility index (Phi) is 10.3. The van der Waals surface area contributed by atoms with Gasteiger partial charge in [0.05, 0.1) is 12.6 Å². The highest BCUT2D eigenvalue weighted by atomic mass is 16.6. The normalized spacial score (nSPS) is 14.6. The van der Waals surface area contributed by atoms with E-state index in [0.29, 0.717) is 5.57 Å². The van der Waals surface area contributed by atoms with Gasteiger partial charge in [-0.1, -0.05) is 39.8 Å². The van der Waals surface area contributed by atoms with Crippen molar-refractivity contribution in [2.24, 2.45) is 11.3 Å². The Hall–Kier alpha value is -2.31. The van der Waals surface area contributed by atoms with Gasteiger partial charge in [-0.2, -0.15) is 0 Å². The second-order valence-electron chi connectivity index (χ2n) is 9.36. The smallest absolute Gasteiger partial charge is 0.408 e. The van der Waals surface area contributed by atoms with Crippen molar-refractivity contribution in [3.05, 3.63) is 24.3 Å². The van der Waals surface area contributed by atoms with E-state index >= 15 is 0 Å². The molecule has 0 aromatic carbocycles. The number of carbonyl (C=O) groups excluding carboxylic acids is 3. The van der Waals surface area contributed by atoms with Crippen LogP contribution in [0.3, 0.4) is 0 Å². The van der Waals surface area contributed by atoms with Crippen molar-refractivity contribution in [3.8, 4) is 0 Å². The van der Waals surface area contributed by atoms with Crippen LogP contribution >= 0.6 is 0 Å². The van der Waals surface area contributed by atoms with Crippen LogP contribution in [0.15, 0.2) is 24.3 Å². The number of rotatable bonds is 9. The van der Waals surface area contributed by atoms with E-state index in [1.807, 2.05) is 27.7 Å². The molecule has 1 N–H and O–H groups in total. The molecule has 0 saturated heterocycles. The van der Waals surface area contributed by atoms with Crippen LogP contribution in [0.5, 0.6) is 0 Å². The van der Waals surface area contributed by atoms with Crippen LogP contribution in [0, 0.1) is 11.3 Å². The van der Waals surface area contributed by atoms with Crippen LogP contribution in [0.4, 0.5) is 4.79 Å². The number of hydrogen-bond donors (Lipinski definition) is 1. The molecule has 0 fully saturated rings. The fourth-order valence-corrected chi connectivity index (χ4v) is 2.78. The van der Waals surface area contributed by atoms with Crippen molar-refractivity contribution in [2.75, 3.05) is 13.7 Å². The highest BCUT2D eigenvalue weighted by molar-refractivity contribution is 5.89. The summed E-state index contributed by atoms with van der Waals surface area (Å²) in [5.74, 6) is -0.700. The van der Waals surface area contributed by atoms with Gasteiger partial charge in [-0.3, -0.25) is 4.79 Å². The van der Waals surface area contributed by atoms with Crippen molar-refractivity contribution >= 4 is 18.0 Å². The molecule has 0 spiro atoms. The zero-order valence-electron chi connectivity index (χ0n) is 20.3. The van der Waals surface area contributed by atoms with Gasteiger partial charge in [-0.15, -0.1) is 6.58 Å². The predicted octanol–water partition coefficient (Wildman–Crippen LogP) is 4.08. The monoisotopic (exact) mass is 424 g/mol. The minimum atomic E-state index is -0.896. The van der Waals surface area contributed by atoms with Crippen molar-refractivity contribution in [1.82, 2.24) is 10.2 Å². The summed E-state index contributed by atoms with van der Waals surface area (Å²) in [4.78, 5) is 39.4. The lowest BCUT2D eigenvalue weighted by Crippen LogP contribution is -2.57. The summed E-state index contributed by atoms with van der Waals surface area (Å²) in [7, 11) is 1.66. The second kappa shape index (κ2) is 11.2. The lowest BCUT2D eigenvalue weighted by Gasteiger charge is -2.38. The number of esters is 1. The number of nitrogens with one attached hydrogen (secondary N) is 1. The fourth-order valence-electron chi connectivity index (χ4n) is 2.78. The molecular formula is C23H40N2O5. The van der Waals surface area contributed by atoms with Crippen molar-refractivity contribution in [3.63, 3.8) is 0 Å². The Morgan fingerprint density at radius 3 is 2.07 bits per heavy atom. The molecule has 0 heterocycles. The zero-order chi connectivity index (χ0) is 23.9. The minimum absolute atomic E-state index is 0.0253. The Balaban J connectivity index is 5.87. The summed E-state index contributed by atoms with van der Waals surface area (Å²) in [6, 6.07) is -1.27. The van der Waals surface area contributed by atoms with Gasteiger partial charge in [0.15, 0.2) is 0 Å². The van der Waals surface area contributed by atoms with Gasteiger partial charge in [0.1, 0.15) is 11.6 Å². The number of ether oxygens (including phenoxy) is 2. The minimum Gasteiger partial charge on any atom is -0.463 e.